The Kier molecular flexibility index (Phi) is 3.69. The molecular weight excluding hydrogens is 180 g/mol. The molecule has 1 aliphatic rings. The zero-order valence-electron chi connectivity index (χ0n) is 7.72. The van der Waals surface area contributed by atoms with Gasteiger partial charge in [0.05, 0.1) is 0 Å². The molecule has 1 aliphatic carbocycles. The van der Waals surface area contributed by atoms with Crippen LogP contribution >= 0.6 is 0 Å². The van der Waals surface area contributed by atoms with Gasteiger partial charge in [-0.1, -0.05) is 16.6 Å². The Balaban J connectivity index is 2.79. The van der Waals surface area contributed by atoms with Crippen molar-refractivity contribution in [3.05, 3.63) is 0 Å². The molecule has 0 aliphatic heterocycles. The zero-order chi connectivity index (χ0) is 10.3. The molecule has 0 atom stereocenters. The van der Waals surface area contributed by atoms with Gasteiger partial charge in [0.2, 0.25) is 12.4 Å². The van der Waals surface area contributed by atoms with E-state index in [0.29, 0.717) is 12.8 Å². The standard InChI is InChI=1S/C8H10N6/c9-6-11-13-8(14-12-7-10)4-2-1-3-5-8/h1-5H2. The summed E-state index contributed by atoms with van der Waals surface area (Å²) in [6.45, 7) is 0. The molecule has 6 nitrogen and oxygen atoms in total. The van der Waals surface area contributed by atoms with Crippen LogP contribution < -0.4 is 0 Å². The second kappa shape index (κ2) is 5.03. The van der Waals surface area contributed by atoms with Gasteiger partial charge in [0.25, 0.3) is 0 Å². The maximum atomic E-state index is 8.29. The Morgan fingerprint density at radius 3 is 1.79 bits per heavy atom. The molecule has 0 spiro atoms. The molecule has 0 aromatic rings. The summed E-state index contributed by atoms with van der Waals surface area (Å²) in [5, 5.41) is 30.8. The van der Waals surface area contributed by atoms with Crippen LogP contribution in [-0.2, 0) is 0 Å². The van der Waals surface area contributed by atoms with E-state index in [9.17, 15) is 0 Å². The molecule has 0 amide bonds. The third-order valence-electron chi connectivity index (χ3n) is 2.22. The molecule has 0 heterocycles. The fourth-order valence-corrected chi connectivity index (χ4v) is 1.57. The van der Waals surface area contributed by atoms with Crippen molar-refractivity contribution in [2.75, 3.05) is 0 Å². The van der Waals surface area contributed by atoms with Crippen LogP contribution in [0, 0.1) is 22.9 Å². The first-order valence-corrected chi connectivity index (χ1v) is 4.45. The predicted molar refractivity (Wildman–Crippen MR) is 46.8 cm³/mol. The first kappa shape index (κ1) is 10.3. The maximum absolute atomic E-state index is 8.29. The van der Waals surface area contributed by atoms with Crippen LogP contribution in [0.1, 0.15) is 32.1 Å². The number of nitriles is 2. The summed E-state index contributed by atoms with van der Waals surface area (Å²) >= 11 is 0. The summed E-state index contributed by atoms with van der Waals surface area (Å²) in [5.74, 6) is 0. The lowest BCUT2D eigenvalue weighted by Crippen LogP contribution is -2.25. The highest BCUT2D eigenvalue weighted by Crippen LogP contribution is 2.33. The van der Waals surface area contributed by atoms with E-state index in [-0.39, 0.29) is 0 Å². The summed E-state index contributed by atoms with van der Waals surface area (Å²) in [5.41, 5.74) is -0.746. The van der Waals surface area contributed by atoms with Crippen molar-refractivity contribution in [1.82, 2.24) is 0 Å². The Hall–Kier alpha value is -1.82. The number of nitrogens with zero attached hydrogens (tertiary/aromatic N) is 6. The Bertz CT molecular complexity index is 286. The van der Waals surface area contributed by atoms with Gasteiger partial charge in [-0.05, 0) is 25.7 Å². The molecule has 0 saturated heterocycles. The number of rotatable bonds is 2. The minimum absolute atomic E-state index is 0.712. The Morgan fingerprint density at radius 1 is 0.857 bits per heavy atom. The molecule has 0 aromatic carbocycles. The van der Waals surface area contributed by atoms with Crippen molar-refractivity contribution in [3.63, 3.8) is 0 Å². The molecule has 0 bridgehead atoms. The Morgan fingerprint density at radius 2 is 1.36 bits per heavy atom. The lowest BCUT2D eigenvalue weighted by atomic mass is 9.90. The number of hydrogen-bond donors (Lipinski definition) is 0. The second-order valence-electron chi connectivity index (χ2n) is 3.14. The van der Waals surface area contributed by atoms with Gasteiger partial charge < -0.3 is 0 Å². The van der Waals surface area contributed by atoms with Gasteiger partial charge in [0.1, 0.15) is 0 Å². The molecular formula is C8H10N6. The third-order valence-corrected chi connectivity index (χ3v) is 2.22. The van der Waals surface area contributed by atoms with Crippen LogP contribution in [0.2, 0.25) is 0 Å². The van der Waals surface area contributed by atoms with E-state index in [1.54, 1.807) is 12.4 Å². The smallest absolute Gasteiger partial charge is 0.169 e. The van der Waals surface area contributed by atoms with Crippen LogP contribution in [0.25, 0.3) is 0 Å². The monoisotopic (exact) mass is 190 g/mol. The van der Waals surface area contributed by atoms with E-state index >= 15 is 0 Å². The van der Waals surface area contributed by atoms with E-state index < -0.39 is 5.66 Å². The highest BCUT2D eigenvalue weighted by atomic mass is 15.3. The SMILES string of the molecule is N#CN=NC1(N=NC#N)CCCCC1. The van der Waals surface area contributed by atoms with Crippen LogP contribution in [0.15, 0.2) is 20.5 Å². The summed E-state index contributed by atoms with van der Waals surface area (Å²) in [7, 11) is 0. The topological polar surface area (TPSA) is 97.0 Å². The fraction of sp³-hybridized carbons (Fsp3) is 0.750. The van der Waals surface area contributed by atoms with Gasteiger partial charge in [-0.3, -0.25) is 0 Å². The fourth-order valence-electron chi connectivity index (χ4n) is 1.57. The molecule has 0 unspecified atom stereocenters. The minimum Gasteiger partial charge on any atom is -0.169 e. The Labute approximate surface area is 82.0 Å². The highest BCUT2D eigenvalue weighted by Gasteiger charge is 2.32. The molecule has 1 fully saturated rings. The quantitative estimate of drug-likeness (QED) is 0.493. The molecule has 0 aromatic heterocycles. The van der Waals surface area contributed by atoms with Crippen molar-refractivity contribution in [2.45, 2.75) is 37.8 Å². The van der Waals surface area contributed by atoms with E-state index in [1.807, 2.05) is 0 Å². The van der Waals surface area contributed by atoms with Crippen LogP contribution in [0.5, 0.6) is 0 Å². The van der Waals surface area contributed by atoms with Crippen molar-refractivity contribution in [1.29, 1.82) is 10.5 Å². The van der Waals surface area contributed by atoms with Gasteiger partial charge in [-0.15, -0.1) is 10.2 Å². The van der Waals surface area contributed by atoms with Gasteiger partial charge in [-0.2, -0.15) is 10.5 Å². The average molecular weight is 190 g/mol. The lowest BCUT2D eigenvalue weighted by Gasteiger charge is -2.25. The van der Waals surface area contributed by atoms with Crippen LogP contribution in [0.3, 0.4) is 0 Å². The average Bonchev–Trinajstić information content (AvgIpc) is 2.25. The zero-order valence-corrected chi connectivity index (χ0v) is 7.72. The van der Waals surface area contributed by atoms with E-state index in [0.717, 1.165) is 19.3 Å². The molecule has 1 saturated carbocycles. The molecule has 0 N–H and O–H groups in total. The van der Waals surface area contributed by atoms with E-state index in [4.69, 9.17) is 10.5 Å². The third kappa shape index (κ3) is 2.60. The van der Waals surface area contributed by atoms with Crippen molar-refractivity contribution >= 4 is 0 Å². The van der Waals surface area contributed by atoms with E-state index in [1.165, 1.54) is 0 Å². The van der Waals surface area contributed by atoms with Crippen LogP contribution in [0.4, 0.5) is 0 Å². The number of hydrogen-bond acceptors (Lipinski definition) is 6. The van der Waals surface area contributed by atoms with Crippen molar-refractivity contribution < 1.29 is 0 Å². The summed E-state index contributed by atoms with van der Waals surface area (Å²) < 4.78 is 0. The first-order valence-electron chi connectivity index (χ1n) is 4.45. The second-order valence-corrected chi connectivity index (χ2v) is 3.14. The summed E-state index contributed by atoms with van der Waals surface area (Å²) in [6, 6.07) is 0. The van der Waals surface area contributed by atoms with Gasteiger partial charge in [0.15, 0.2) is 5.66 Å². The van der Waals surface area contributed by atoms with Gasteiger partial charge >= 0.3 is 0 Å². The van der Waals surface area contributed by atoms with Gasteiger partial charge in [-0.25, -0.2) is 0 Å². The van der Waals surface area contributed by atoms with E-state index in [2.05, 4.69) is 20.5 Å². The number of azo groups is 2. The molecule has 14 heavy (non-hydrogen) atoms. The van der Waals surface area contributed by atoms with Gasteiger partial charge in [0, 0.05) is 0 Å². The highest BCUT2D eigenvalue weighted by molar-refractivity contribution is 4.88. The molecule has 0 radical (unpaired) electrons. The molecule has 72 valence electrons. The first-order chi connectivity index (χ1) is 6.83. The largest absolute Gasteiger partial charge is 0.225 e. The molecule has 6 heteroatoms. The lowest BCUT2D eigenvalue weighted by molar-refractivity contribution is 0.288. The normalized spacial score (nSPS) is 20.7. The molecule has 1 rings (SSSR count). The van der Waals surface area contributed by atoms with Crippen molar-refractivity contribution in [3.8, 4) is 12.4 Å². The predicted octanol–water partition coefficient (Wildman–Crippen LogP) is 2.51. The van der Waals surface area contributed by atoms with Crippen LogP contribution in [-0.4, -0.2) is 5.66 Å². The minimum atomic E-state index is -0.746. The maximum Gasteiger partial charge on any atom is 0.225 e. The summed E-state index contributed by atoms with van der Waals surface area (Å²) in [6.07, 6.45) is 7.70. The summed E-state index contributed by atoms with van der Waals surface area (Å²) in [4.78, 5) is 0. The van der Waals surface area contributed by atoms with Crippen molar-refractivity contribution in [2.24, 2.45) is 20.5 Å².